The smallest absolute Gasteiger partial charge is 0.253 e. The standard InChI is InChI=1S/C13H21N3O3S/c1-9-5-6-11(14)10(7-9)12(17)15-8-13(2,3)16-20(4,18)19/h5-7,16H,8,14H2,1-4H3,(H,15,17). The first-order valence-corrected chi connectivity index (χ1v) is 8.03. The van der Waals surface area contributed by atoms with Gasteiger partial charge in [-0.05, 0) is 32.9 Å². The second-order valence-corrected chi connectivity index (χ2v) is 7.28. The maximum atomic E-state index is 12.1. The van der Waals surface area contributed by atoms with Crippen LogP contribution in [0.3, 0.4) is 0 Å². The minimum absolute atomic E-state index is 0.159. The van der Waals surface area contributed by atoms with Gasteiger partial charge in [0.25, 0.3) is 5.91 Å². The van der Waals surface area contributed by atoms with E-state index in [1.54, 1.807) is 26.0 Å². The van der Waals surface area contributed by atoms with Crippen molar-refractivity contribution in [2.45, 2.75) is 26.3 Å². The molecule has 0 radical (unpaired) electrons. The van der Waals surface area contributed by atoms with Crippen molar-refractivity contribution < 1.29 is 13.2 Å². The molecule has 1 aromatic carbocycles. The summed E-state index contributed by atoms with van der Waals surface area (Å²) in [4.78, 5) is 12.1. The fourth-order valence-corrected chi connectivity index (χ4v) is 2.88. The van der Waals surface area contributed by atoms with E-state index in [0.717, 1.165) is 11.8 Å². The molecule has 0 unspecified atom stereocenters. The third-order valence-corrected chi connectivity index (χ3v) is 3.53. The SMILES string of the molecule is Cc1ccc(N)c(C(=O)NCC(C)(C)NS(C)(=O)=O)c1. The van der Waals surface area contributed by atoms with Crippen molar-refractivity contribution in [1.29, 1.82) is 0 Å². The van der Waals surface area contributed by atoms with Crippen molar-refractivity contribution in [1.82, 2.24) is 10.0 Å². The number of nitrogens with one attached hydrogen (secondary N) is 2. The van der Waals surface area contributed by atoms with Crippen molar-refractivity contribution in [2.24, 2.45) is 0 Å². The fourth-order valence-electron chi connectivity index (χ4n) is 1.80. The number of hydrogen-bond donors (Lipinski definition) is 3. The first kappa shape index (κ1) is 16.5. The van der Waals surface area contributed by atoms with Gasteiger partial charge in [-0.3, -0.25) is 4.79 Å². The van der Waals surface area contributed by atoms with E-state index in [9.17, 15) is 13.2 Å². The zero-order chi connectivity index (χ0) is 15.6. The van der Waals surface area contributed by atoms with E-state index in [-0.39, 0.29) is 12.5 Å². The number of sulfonamides is 1. The van der Waals surface area contributed by atoms with E-state index in [1.807, 2.05) is 13.0 Å². The van der Waals surface area contributed by atoms with Gasteiger partial charge in [0.1, 0.15) is 0 Å². The summed E-state index contributed by atoms with van der Waals surface area (Å²) >= 11 is 0. The fraction of sp³-hybridized carbons (Fsp3) is 0.462. The lowest BCUT2D eigenvalue weighted by Gasteiger charge is -2.25. The number of nitrogen functional groups attached to an aromatic ring is 1. The monoisotopic (exact) mass is 299 g/mol. The largest absolute Gasteiger partial charge is 0.398 e. The lowest BCUT2D eigenvalue weighted by atomic mass is 10.1. The summed E-state index contributed by atoms with van der Waals surface area (Å²) < 4.78 is 24.9. The normalized spacial score (nSPS) is 12.2. The van der Waals surface area contributed by atoms with Crippen molar-refractivity contribution in [3.8, 4) is 0 Å². The summed E-state index contributed by atoms with van der Waals surface area (Å²) in [5.74, 6) is -0.324. The van der Waals surface area contributed by atoms with Crippen LogP contribution in [-0.4, -0.2) is 32.7 Å². The molecule has 0 saturated carbocycles. The predicted molar refractivity (Wildman–Crippen MR) is 80.0 cm³/mol. The van der Waals surface area contributed by atoms with Crippen LogP contribution in [0.25, 0.3) is 0 Å². The van der Waals surface area contributed by atoms with E-state index in [2.05, 4.69) is 10.0 Å². The highest BCUT2D eigenvalue weighted by Gasteiger charge is 2.23. The molecule has 0 aliphatic heterocycles. The van der Waals surface area contributed by atoms with Crippen LogP contribution >= 0.6 is 0 Å². The second-order valence-electron chi connectivity index (χ2n) is 5.53. The number of hydrogen-bond acceptors (Lipinski definition) is 4. The Kier molecular flexibility index (Phi) is 4.77. The third-order valence-electron chi connectivity index (χ3n) is 2.61. The van der Waals surface area contributed by atoms with Gasteiger partial charge >= 0.3 is 0 Å². The lowest BCUT2D eigenvalue weighted by molar-refractivity contribution is 0.0945. The van der Waals surface area contributed by atoms with Gasteiger partial charge < -0.3 is 11.1 Å². The van der Waals surface area contributed by atoms with Gasteiger partial charge in [0.05, 0.1) is 11.8 Å². The molecular weight excluding hydrogens is 278 g/mol. The number of amides is 1. The molecule has 1 amide bonds. The minimum atomic E-state index is -3.34. The molecule has 0 spiro atoms. The van der Waals surface area contributed by atoms with Gasteiger partial charge in [0.2, 0.25) is 10.0 Å². The molecule has 0 atom stereocenters. The van der Waals surface area contributed by atoms with E-state index in [4.69, 9.17) is 5.73 Å². The van der Waals surface area contributed by atoms with Crippen molar-refractivity contribution >= 4 is 21.6 Å². The van der Waals surface area contributed by atoms with Gasteiger partial charge in [-0.25, -0.2) is 13.1 Å². The molecule has 112 valence electrons. The first-order valence-electron chi connectivity index (χ1n) is 6.13. The van der Waals surface area contributed by atoms with Crippen LogP contribution in [0.2, 0.25) is 0 Å². The summed E-state index contributed by atoms with van der Waals surface area (Å²) in [7, 11) is -3.34. The van der Waals surface area contributed by atoms with E-state index in [1.165, 1.54) is 0 Å². The molecule has 0 aliphatic carbocycles. The number of nitrogens with two attached hydrogens (primary N) is 1. The van der Waals surface area contributed by atoms with Crippen LogP contribution in [0, 0.1) is 6.92 Å². The topological polar surface area (TPSA) is 101 Å². The van der Waals surface area contributed by atoms with Gasteiger partial charge in [0, 0.05) is 17.8 Å². The molecule has 6 nitrogen and oxygen atoms in total. The lowest BCUT2D eigenvalue weighted by Crippen LogP contribution is -2.51. The first-order chi connectivity index (χ1) is 9.00. The predicted octanol–water partition coefficient (Wildman–Crippen LogP) is 0.635. The Hall–Kier alpha value is -1.60. The molecule has 0 heterocycles. The Labute approximate surface area is 119 Å². The zero-order valence-corrected chi connectivity index (χ0v) is 13.0. The van der Waals surface area contributed by atoms with Crippen LogP contribution in [0.1, 0.15) is 29.8 Å². The Balaban J connectivity index is 2.75. The molecule has 7 heteroatoms. The van der Waals surface area contributed by atoms with Crippen LogP contribution in [0.5, 0.6) is 0 Å². The summed E-state index contributed by atoms with van der Waals surface area (Å²) in [6.45, 7) is 5.40. The van der Waals surface area contributed by atoms with Crippen LogP contribution < -0.4 is 15.8 Å². The minimum Gasteiger partial charge on any atom is -0.398 e. The van der Waals surface area contributed by atoms with Gasteiger partial charge in [0.15, 0.2) is 0 Å². The third kappa shape index (κ3) is 5.18. The molecule has 0 aliphatic rings. The van der Waals surface area contributed by atoms with Crippen LogP contribution in [-0.2, 0) is 10.0 Å². The molecule has 4 N–H and O–H groups in total. The quantitative estimate of drug-likeness (QED) is 0.694. The Morgan fingerprint density at radius 2 is 1.95 bits per heavy atom. The van der Waals surface area contributed by atoms with Crippen LogP contribution in [0.4, 0.5) is 5.69 Å². The number of carbonyl (C=O) groups excluding carboxylic acids is 1. The molecule has 0 saturated heterocycles. The van der Waals surface area contributed by atoms with Crippen molar-refractivity contribution in [2.75, 3.05) is 18.5 Å². The maximum absolute atomic E-state index is 12.1. The molecule has 1 rings (SSSR count). The molecule has 0 bridgehead atoms. The summed E-state index contributed by atoms with van der Waals surface area (Å²) in [6.07, 6.45) is 1.08. The van der Waals surface area contributed by atoms with E-state index >= 15 is 0 Å². The Morgan fingerprint density at radius 1 is 1.35 bits per heavy atom. The maximum Gasteiger partial charge on any atom is 0.253 e. The zero-order valence-electron chi connectivity index (χ0n) is 12.1. The average molecular weight is 299 g/mol. The highest BCUT2D eigenvalue weighted by Crippen LogP contribution is 2.13. The second kappa shape index (κ2) is 5.80. The molecule has 0 fully saturated rings. The average Bonchev–Trinajstić information content (AvgIpc) is 2.26. The number of aryl methyl sites for hydroxylation is 1. The number of anilines is 1. The molecular formula is C13H21N3O3S. The molecule has 20 heavy (non-hydrogen) atoms. The van der Waals surface area contributed by atoms with Crippen molar-refractivity contribution in [3.05, 3.63) is 29.3 Å². The Bertz CT molecular complexity index is 609. The molecule has 0 aromatic heterocycles. The summed E-state index contributed by atoms with van der Waals surface area (Å²) in [5, 5.41) is 2.68. The van der Waals surface area contributed by atoms with E-state index in [0.29, 0.717) is 11.3 Å². The van der Waals surface area contributed by atoms with Crippen LogP contribution in [0.15, 0.2) is 18.2 Å². The number of rotatable bonds is 5. The Morgan fingerprint density at radius 3 is 2.50 bits per heavy atom. The number of benzene rings is 1. The van der Waals surface area contributed by atoms with Gasteiger partial charge in [-0.1, -0.05) is 11.6 Å². The number of carbonyl (C=O) groups is 1. The highest BCUT2D eigenvalue weighted by atomic mass is 32.2. The van der Waals surface area contributed by atoms with Gasteiger partial charge in [-0.2, -0.15) is 0 Å². The van der Waals surface area contributed by atoms with E-state index < -0.39 is 15.6 Å². The summed E-state index contributed by atoms with van der Waals surface area (Å²) in [6, 6.07) is 5.19. The van der Waals surface area contributed by atoms with Crippen molar-refractivity contribution in [3.63, 3.8) is 0 Å². The molecule has 1 aromatic rings. The van der Waals surface area contributed by atoms with Gasteiger partial charge in [-0.15, -0.1) is 0 Å². The summed E-state index contributed by atoms with van der Waals surface area (Å²) in [5.41, 5.74) is 6.69. The highest BCUT2D eigenvalue weighted by molar-refractivity contribution is 7.88.